The van der Waals surface area contributed by atoms with Gasteiger partial charge in [-0.2, -0.15) is 5.10 Å². The fourth-order valence-electron chi connectivity index (χ4n) is 7.71. The Morgan fingerprint density at radius 2 is 1.30 bits per heavy atom. The van der Waals surface area contributed by atoms with Crippen LogP contribution in [0.2, 0.25) is 0 Å². The van der Waals surface area contributed by atoms with Gasteiger partial charge in [-0.1, -0.05) is 75.9 Å². The van der Waals surface area contributed by atoms with Crippen LogP contribution in [0.3, 0.4) is 0 Å². The highest BCUT2D eigenvalue weighted by Gasteiger charge is 2.57. The number of aromatic amines is 1. The van der Waals surface area contributed by atoms with Crippen molar-refractivity contribution in [2.24, 2.45) is 0 Å². The summed E-state index contributed by atoms with van der Waals surface area (Å²) in [6.45, 7) is 0. The minimum Gasteiger partial charge on any atom is -0.281 e. The summed E-state index contributed by atoms with van der Waals surface area (Å²) < 4.78 is 4.18. The van der Waals surface area contributed by atoms with Gasteiger partial charge >= 0.3 is 6.01 Å². The van der Waals surface area contributed by atoms with E-state index in [1.807, 2.05) is 48.8 Å². The SMILES string of the molecule is C[N+]1=C=[N+](C2(c3cccc(C4(c5ccn[nH]5)c5ccccc5-c5ccncc54)c3)c3ccccc3-c3ccncc32)C=C1. The molecule has 2 unspecified atom stereocenters. The maximum absolute atomic E-state index is 4.65. The van der Waals surface area contributed by atoms with E-state index in [4.69, 9.17) is 0 Å². The topological polar surface area (TPSA) is 60.5 Å². The minimum absolute atomic E-state index is 0.630. The molecule has 0 radical (unpaired) electrons. The average molecular weight is 555 g/mol. The van der Waals surface area contributed by atoms with E-state index in [9.17, 15) is 0 Å². The average Bonchev–Trinajstić information content (AvgIpc) is 3.85. The molecule has 3 aromatic carbocycles. The summed E-state index contributed by atoms with van der Waals surface area (Å²) >= 11 is 0. The van der Waals surface area contributed by atoms with E-state index in [0.29, 0.717) is 0 Å². The molecule has 202 valence electrons. The molecule has 0 spiro atoms. The van der Waals surface area contributed by atoms with Gasteiger partial charge in [0.1, 0.15) is 0 Å². The summed E-state index contributed by atoms with van der Waals surface area (Å²) in [5.41, 5.74) is 11.4. The van der Waals surface area contributed by atoms with Crippen molar-refractivity contribution in [3.63, 3.8) is 0 Å². The lowest BCUT2D eigenvalue weighted by Gasteiger charge is -2.33. The maximum atomic E-state index is 4.65. The number of H-pyrrole nitrogens is 1. The molecule has 2 atom stereocenters. The minimum atomic E-state index is -0.678. The van der Waals surface area contributed by atoms with Crippen molar-refractivity contribution >= 4 is 6.01 Å². The van der Waals surface area contributed by atoms with Gasteiger partial charge in [-0.05, 0) is 63.2 Å². The van der Waals surface area contributed by atoms with Gasteiger partial charge in [-0.3, -0.25) is 15.1 Å². The zero-order valence-corrected chi connectivity index (χ0v) is 23.4. The highest BCUT2D eigenvalue weighted by atomic mass is 15.2. The van der Waals surface area contributed by atoms with E-state index in [1.54, 1.807) is 0 Å². The van der Waals surface area contributed by atoms with Crippen molar-refractivity contribution < 1.29 is 9.15 Å². The summed E-state index contributed by atoms with van der Waals surface area (Å²) in [4.78, 5) is 9.29. The smallest absolute Gasteiger partial charge is 0.281 e. The molecule has 0 fully saturated rings. The van der Waals surface area contributed by atoms with Gasteiger partial charge in [-0.15, -0.1) is 0 Å². The number of nitrogens with one attached hydrogen (secondary N) is 1. The Bertz CT molecular complexity index is 2110. The number of fused-ring (bicyclic) bond motifs is 6. The standard InChI is InChI=1S/C37H26N6/c1-42-19-20-43(24-42)37(32-12-5-3-10-28(32)30-14-17-39-23-34(30)37)26-8-6-7-25(21-26)36(35-15-18-40-41-35)31-11-4-2-9-27(31)29-13-16-38-22-33(29)36/h2-23H,1H3,(H,40,41)/q+2. The summed E-state index contributed by atoms with van der Waals surface area (Å²) in [6, 6.07) is 36.3. The molecule has 3 aromatic heterocycles. The normalized spacial score (nSPS) is 20.7. The molecule has 0 bridgehead atoms. The predicted molar refractivity (Wildman–Crippen MR) is 164 cm³/mol. The number of hydrogen-bond donors (Lipinski definition) is 1. The second-order valence-electron chi connectivity index (χ2n) is 11.3. The third kappa shape index (κ3) is 2.95. The number of hydrogen-bond acceptors (Lipinski definition) is 3. The van der Waals surface area contributed by atoms with Gasteiger partial charge in [-0.25, -0.2) is 0 Å². The van der Waals surface area contributed by atoms with Crippen molar-refractivity contribution in [2.45, 2.75) is 11.0 Å². The first-order valence-corrected chi connectivity index (χ1v) is 14.4. The van der Waals surface area contributed by atoms with E-state index in [0.717, 1.165) is 27.9 Å². The molecular weight excluding hydrogens is 528 g/mol. The van der Waals surface area contributed by atoms with Gasteiger partial charge in [0.2, 0.25) is 12.4 Å². The molecule has 43 heavy (non-hydrogen) atoms. The Morgan fingerprint density at radius 1 is 0.628 bits per heavy atom. The first kappa shape index (κ1) is 23.9. The second kappa shape index (κ2) is 8.65. The van der Waals surface area contributed by atoms with Gasteiger partial charge in [0.25, 0.3) is 5.54 Å². The molecule has 6 nitrogen and oxygen atoms in total. The largest absolute Gasteiger partial charge is 0.490 e. The number of rotatable bonds is 4. The Hall–Kier alpha value is -5.71. The predicted octanol–water partition coefficient (Wildman–Crippen LogP) is 6.15. The fraction of sp³-hybridized carbons (Fsp3) is 0.0811. The van der Waals surface area contributed by atoms with E-state index < -0.39 is 11.0 Å². The monoisotopic (exact) mass is 554 g/mol. The number of benzene rings is 3. The Kier molecular flexibility index (Phi) is 4.82. The van der Waals surface area contributed by atoms with Gasteiger partial charge in [0.05, 0.1) is 16.7 Å². The van der Waals surface area contributed by atoms with Crippen LogP contribution in [0.1, 0.15) is 39.1 Å². The van der Waals surface area contributed by atoms with Gasteiger partial charge in [0.15, 0.2) is 7.05 Å². The number of nitrogens with zero attached hydrogens (tertiary/aromatic N) is 5. The summed E-state index contributed by atoms with van der Waals surface area (Å²) in [5.74, 6) is 0. The van der Waals surface area contributed by atoms with E-state index in [-0.39, 0.29) is 0 Å². The lowest BCUT2D eigenvalue weighted by atomic mass is 9.69. The second-order valence-corrected chi connectivity index (χ2v) is 11.3. The highest BCUT2D eigenvalue weighted by Crippen LogP contribution is 2.57. The first-order valence-electron chi connectivity index (χ1n) is 14.4. The Labute approximate surface area is 248 Å². The summed E-state index contributed by atoms with van der Waals surface area (Å²) in [7, 11) is 2.01. The van der Waals surface area contributed by atoms with Crippen molar-refractivity contribution in [1.29, 1.82) is 0 Å². The molecule has 2 aliphatic carbocycles. The van der Waals surface area contributed by atoms with E-state index >= 15 is 0 Å². The van der Waals surface area contributed by atoms with Gasteiger partial charge in [0, 0.05) is 42.1 Å². The molecule has 1 aliphatic heterocycles. The van der Waals surface area contributed by atoms with Crippen molar-refractivity contribution in [3.8, 4) is 22.3 Å². The first-order chi connectivity index (χ1) is 21.2. The van der Waals surface area contributed by atoms with Crippen LogP contribution < -0.4 is 0 Å². The third-order valence-electron chi connectivity index (χ3n) is 9.35. The van der Waals surface area contributed by atoms with Crippen LogP contribution in [0.25, 0.3) is 22.3 Å². The molecule has 6 aromatic rings. The lowest BCUT2D eigenvalue weighted by Crippen LogP contribution is -2.38. The van der Waals surface area contributed by atoms with Crippen LogP contribution in [0.15, 0.2) is 134 Å². The third-order valence-corrected chi connectivity index (χ3v) is 9.35. The zero-order chi connectivity index (χ0) is 28.6. The molecule has 4 heterocycles. The van der Waals surface area contributed by atoms with Gasteiger partial charge < -0.3 is 0 Å². The quantitative estimate of drug-likeness (QED) is 0.266. The van der Waals surface area contributed by atoms with Crippen molar-refractivity contribution in [1.82, 2.24) is 20.2 Å². The summed E-state index contributed by atoms with van der Waals surface area (Å²) in [6.07, 6.45) is 13.8. The molecule has 3 aliphatic rings. The molecule has 0 saturated heterocycles. The van der Waals surface area contributed by atoms with Crippen LogP contribution in [-0.4, -0.2) is 42.4 Å². The van der Waals surface area contributed by atoms with Crippen LogP contribution in [0, 0.1) is 0 Å². The molecular formula is C37H26N6+2. The zero-order valence-electron chi connectivity index (χ0n) is 23.4. The van der Waals surface area contributed by atoms with Crippen LogP contribution in [-0.2, 0) is 11.0 Å². The number of aromatic nitrogens is 4. The van der Waals surface area contributed by atoms with Crippen LogP contribution >= 0.6 is 0 Å². The van der Waals surface area contributed by atoms with Crippen LogP contribution in [0.4, 0.5) is 0 Å². The van der Waals surface area contributed by atoms with Crippen molar-refractivity contribution in [2.75, 3.05) is 7.05 Å². The Balaban J connectivity index is 1.41. The lowest BCUT2D eigenvalue weighted by molar-refractivity contribution is -0.533. The highest BCUT2D eigenvalue weighted by molar-refractivity contribution is 5.86. The molecule has 0 saturated carbocycles. The molecule has 1 N–H and O–H groups in total. The van der Waals surface area contributed by atoms with Crippen molar-refractivity contribution in [3.05, 3.63) is 173 Å². The molecule has 6 heteroatoms. The van der Waals surface area contributed by atoms with Crippen LogP contribution in [0.5, 0.6) is 0 Å². The van der Waals surface area contributed by atoms with E-state index in [1.165, 1.54) is 33.4 Å². The molecule has 0 amide bonds. The fourth-order valence-corrected chi connectivity index (χ4v) is 7.71. The summed E-state index contributed by atoms with van der Waals surface area (Å²) in [5, 5.41) is 7.80. The Morgan fingerprint density at radius 3 is 2.05 bits per heavy atom. The molecule has 9 rings (SSSR count). The van der Waals surface area contributed by atoms with E-state index in [2.05, 4.69) is 128 Å². The maximum Gasteiger partial charge on any atom is 0.490 e. The number of pyridine rings is 2.